The molecule has 1 N–H and O–H groups in total. The number of hydrogen-bond acceptors (Lipinski definition) is 2. The van der Waals surface area contributed by atoms with Crippen LogP contribution in [0.2, 0.25) is 0 Å². The van der Waals surface area contributed by atoms with Crippen LogP contribution < -0.4 is 5.32 Å². The van der Waals surface area contributed by atoms with E-state index in [2.05, 4.69) is 55.6 Å². The summed E-state index contributed by atoms with van der Waals surface area (Å²) in [4.78, 5) is 28.4. The van der Waals surface area contributed by atoms with Gasteiger partial charge in [-0.15, -0.1) is 0 Å². The molecule has 2 fully saturated rings. The van der Waals surface area contributed by atoms with Crippen LogP contribution in [0.4, 0.5) is 0 Å². The maximum Gasteiger partial charge on any atom is 0.225 e. The second-order valence-corrected chi connectivity index (χ2v) is 9.48. The largest absolute Gasteiger partial charge is 0.352 e. The van der Waals surface area contributed by atoms with E-state index in [1.165, 1.54) is 16.7 Å². The number of nitrogens with one attached hydrogen (secondary N) is 1. The Labute approximate surface area is 186 Å². The Morgan fingerprint density at radius 3 is 2.35 bits per heavy atom. The molecule has 2 amide bonds. The third-order valence-corrected chi connectivity index (χ3v) is 6.90. The third-order valence-electron chi connectivity index (χ3n) is 6.90. The molecule has 2 aromatic carbocycles. The zero-order chi connectivity index (χ0) is 21.8. The molecule has 1 saturated heterocycles. The Hall–Kier alpha value is -2.62. The topological polar surface area (TPSA) is 49.4 Å². The highest BCUT2D eigenvalue weighted by Crippen LogP contribution is 2.34. The number of carbonyl (C=O) groups is 2. The number of hydrogen-bond donors (Lipinski definition) is 1. The van der Waals surface area contributed by atoms with Crippen LogP contribution in [0.1, 0.15) is 60.3 Å². The van der Waals surface area contributed by atoms with E-state index in [1.807, 2.05) is 17.0 Å². The van der Waals surface area contributed by atoms with Crippen molar-refractivity contribution in [2.45, 2.75) is 58.4 Å². The first-order valence-electron chi connectivity index (χ1n) is 11.7. The lowest BCUT2D eigenvalue weighted by molar-refractivity contribution is -0.139. The van der Waals surface area contributed by atoms with Crippen LogP contribution >= 0.6 is 0 Å². The van der Waals surface area contributed by atoms with E-state index in [0.717, 1.165) is 44.2 Å². The summed E-state index contributed by atoms with van der Waals surface area (Å²) in [5.41, 5.74) is 4.76. The number of likely N-dealkylation sites (tertiary alicyclic amines) is 1. The van der Waals surface area contributed by atoms with Crippen molar-refractivity contribution in [2.24, 2.45) is 11.8 Å². The van der Waals surface area contributed by atoms with Gasteiger partial charge in [-0.2, -0.15) is 0 Å². The van der Waals surface area contributed by atoms with Crippen molar-refractivity contribution in [1.29, 1.82) is 0 Å². The van der Waals surface area contributed by atoms with Gasteiger partial charge in [0, 0.05) is 31.5 Å². The van der Waals surface area contributed by atoms with Crippen molar-refractivity contribution in [2.75, 3.05) is 13.1 Å². The van der Waals surface area contributed by atoms with E-state index >= 15 is 0 Å². The Morgan fingerprint density at radius 1 is 0.935 bits per heavy atom. The summed E-state index contributed by atoms with van der Waals surface area (Å²) in [6.07, 6.45) is 5.07. The molecule has 1 aliphatic carbocycles. The van der Waals surface area contributed by atoms with Crippen molar-refractivity contribution in [3.05, 3.63) is 70.8 Å². The molecule has 0 bridgehead atoms. The second kappa shape index (κ2) is 9.67. The molecule has 2 atom stereocenters. The van der Waals surface area contributed by atoms with Gasteiger partial charge in [0.05, 0.1) is 5.92 Å². The monoisotopic (exact) mass is 418 g/mol. The first kappa shape index (κ1) is 21.6. The van der Waals surface area contributed by atoms with Gasteiger partial charge in [0.25, 0.3) is 0 Å². The van der Waals surface area contributed by atoms with E-state index in [4.69, 9.17) is 0 Å². The van der Waals surface area contributed by atoms with E-state index < -0.39 is 0 Å². The minimum Gasteiger partial charge on any atom is -0.352 e. The molecule has 2 aliphatic rings. The molecule has 0 spiro atoms. The second-order valence-electron chi connectivity index (χ2n) is 9.48. The summed E-state index contributed by atoms with van der Waals surface area (Å²) in [5, 5.41) is 3.13. The molecule has 31 heavy (non-hydrogen) atoms. The standard InChI is InChI=1S/C27H34N2O2/c1-19-7-5-9-21(13-19)16-28-26(30)25-15-24(23-12-6-8-20(2)14-23)17-29(18-25)27(31)22-10-3-4-11-22/h5-9,12-14,22,24-25H,3-4,10-11,15-18H2,1-2H3,(H,28,30). The van der Waals surface area contributed by atoms with Gasteiger partial charge in [0.15, 0.2) is 0 Å². The molecule has 4 rings (SSSR count). The lowest BCUT2D eigenvalue weighted by Gasteiger charge is -2.38. The summed E-state index contributed by atoms with van der Waals surface area (Å²) >= 11 is 0. The number of piperidine rings is 1. The first-order valence-corrected chi connectivity index (χ1v) is 11.7. The predicted octanol–water partition coefficient (Wildman–Crippen LogP) is 4.74. The minimum absolute atomic E-state index is 0.0584. The van der Waals surface area contributed by atoms with Crippen molar-refractivity contribution in [3.8, 4) is 0 Å². The fraction of sp³-hybridized carbons (Fsp3) is 0.481. The average Bonchev–Trinajstić information content (AvgIpc) is 3.31. The van der Waals surface area contributed by atoms with Gasteiger partial charge in [-0.3, -0.25) is 9.59 Å². The van der Waals surface area contributed by atoms with Gasteiger partial charge in [0.2, 0.25) is 11.8 Å². The normalized spacial score (nSPS) is 21.8. The lowest BCUT2D eigenvalue weighted by atomic mass is 9.83. The van der Waals surface area contributed by atoms with Crippen LogP contribution in [0, 0.1) is 25.7 Å². The summed E-state index contributed by atoms with van der Waals surface area (Å²) in [5.74, 6) is 0.491. The van der Waals surface area contributed by atoms with Gasteiger partial charge in [-0.1, -0.05) is 72.5 Å². The molecular formula is C27H34N2O2. The lowest BCUT2D eigenvalue weighted by Crippen LogP contribution is -2.49. The van der Waals surface area contributed by atoms with Gasteiger partial charge < -0.3 is 10.2 Å². The third kappa shape index (κ3) is 5.36. The fourth-order valence-electron chi connectivity index (χ4n) is 5.22. The predicted molar refractivity (Wildman–Crippen MR) is 124 cm³/mol. The molecule has 4 heteroatoms. The number of nitrogens with zero attached hydrogens (tertiary/aromatic N) is 1. The smallest absolute Gasteiger partial charge is 0.225 e. The molecular weight excluding hydrogens is 384 g/mol. The molecule has 2 aromatic rings. The number of amides is 2. The maximum absolute atomic E-state index is 13.2. The van der Waals surface area contributed by atoms with Crippen LogP contribution in [0.3, 0.4) is 0 Å². The van der Waals surface area contributed by atoms with Crippen LogP contribution in [0.25, 0.3) is 0 Å². The van der Waals surface area contributed by atoms with E-state index in [9.17, 15) is 9.59 Å². The Bertz CT molecular complexity index is 932. The molecule has 164 valence electrons. The number of benzene rings is 2. The SMILES string of the molecule is Cc1cccc(CNC(=O)C2CC(c3cccc(C)c3)CN(C(=O)C3CCCC3)C2)c1. The van der Waals surface area contributed by atoms with Crippen molar-refractivity contribution < 1.29 is 9.59 Å². The van der Waals surface area contributed by atoms with Crippen LogP contribution in [-0.2, 0) is 16.1 Å². The van der Waals surface area contributed by atoms with E-state index in [0.29, 0.717) is 13.1 Å². The molecule has 1 heterocycles. The molecule has 4 nitrogen and oxygen atoms in total. The molecule has 1 aliphatic heterocycles. The number of carbonyl (C=O) groups excluding carboxylic acids is 2. The first-order chi connectivity index (χ1) is 15.0. The molecule has 0 radical (unpaired) electrons. The molecule has 0 aromatic heterocycles. The van der Waals surface area contributed by atoms with Gasteiger partial charge in [-0.05, 0) is 44.2 Å². The zero-order valence-corrected chi connectivity index (χ0v) is 18.8. The summed E-state index contributed by atoms with van der Waals surface area (Å²) in [6.45, 7) is 5.95. The number of rotatable bonds is 5. The van der Waals surface area contributed by atoms with Gasteiger partial charge >= 0.3 is 0 Å². The van der Waals surface area contributed by atoms with Crippen molar-refractivity contribution >= 4 is 11.8 Å². The van der Waals surface area contributed by atoms with Crippen molar-refractivity contribution in [3.63, 3.8) is 0 Å². The Morgan fingerprint density at radius 2 is 1.65 bits per heavy atom. The molecule has 1 saturated carbocycles. The summed E-state index contributed by atoms with van der Waals surface area (Å²) in [6, 6.07) is 16.7. The summed E-state index contributed by atoms with van der Waals surface area (Å²) < 4.78 is 0. The average molecular weight is 419 g/mol. The molecule has 2 unspecified atom stereocenters. The van der Waals surface area contributed by atoms with Crippen LogP contribution in [0.15, 0.2) is 48.5 Å². The maximum atomic E-state index is 13.2. The van der Waals surface area contributed by atoms with E-state index in [1.54, 1.807) is 0 Å². The summed E-state index contributed by atoms with van der Waals surface area (Å²) in [7, 11) is 0. The highest BCUT2D eigenvalue weighted by molar-refractivity contribution is 5.82. The number of aryl methyl sites for hydroxylation is 2. The minimum atomic E-state index is -0.172. The Balaban J connectivity index is 1.49. The van der Waals surface area contributed by atoms with Gasteiger partial charge in [0.1, 0.15) is 0 Å². The zero-order valence-electron chi connectivity index (χ0n) is 18.8. The van der Waals surface area contributed by atoms with E-state index in [-0.39, 0.29) is 29.6 Å². The van der Waals surface area contributed by atoms with Crippen LogP contribution in [0.5, 0.6) is 0 Å². The highest BCUT2D eigenvalue weighted by Gasteiger charge is 2.37. The van der Waals surface area contributed by atoms with Gasteiger partial charge in [-0.25, -0.2) is 0 Å². The Kier molecular flexibility index (Phi) is 6.74. The fourth-order valence-corrected chi connectivity index (χ4v) is 5.22. The quantitative estimate of drug-likeness (QED) is 0.762. The van der Waals surface area contributed by atoms with Crippen molar-refractivity contribution in [1.82, 2.24) is 10.2 Å². The van der Waals surface area contributed by atoms with Crippen LogP contribution in [-0.4, -0.2) is 29.8 Å². The highest BCUT2D eigenvalue weighted by atomic mass is 16.2.